The highest BCUT2D eigenvalue weighted by molar-refractivity contribution is 6.00. The van der Waals surface area contributed by atoms with Crippen molar-refractivity contribution >= 4 is 34.9 Å². The van der Waals surface area contributed by atoms with Crippen molar-refractivity contribution in [1.29, 1.82) is 0 Å². The standard InChI is InChI=1S/C28H28N8O5/c1-29-27(38)24-22(13-23(33-34-24)32-26(37)16-7-8-16)31-20-6-4-5-19(25(20)40-3)17-9-10-21(30-14-17)28(39)36(2)15-18-11-12-41-35-18/h4-6,9-14,16H,7-8,15H2,1-3H3,(H,29,38)(H2,31,32,33,37). The smallest absolute Gasteiger partial charge is 0.273 e. The van der Waals surface area contributed by atoms with Crippen LogP contribution < -0.4 is 20.7 Å². The number of anilines is 3. The van der Waals surface area contributed by atoms with Crippen molar-refractivity contribution in [3.8, 4) is 16.9 Å². The van der Waals surface area contributed by atoms with E-state index in [1.54, 1.807) is 43.6 Å². The van der Waals surface area contributed by atoms with E-state index in [0.29, 0.717) is 33.9 Å². The second-order valence-electron chi connectivity index (χ2n) is 9.43. The first-order chi connectivity index (χ1) is 19.9. The molecule has 3 aromatic heterocycles. The zero-order valence-electron chi connectivity index (χ0n) is 22.7. The zero-order valence-corrected chi connectivity index (χ0v) is 22.7. The van der Waals surface area contributed by atoms with Crippen LogP contribution in [0.25, 0.3) is 11.1 Å². The minimum absolute atomic E-state index is 0.0206. The third kappa shape index (κ3) is 6.13. The van der Waals surface area contributed by atoms with Crippen LogP contribution in [-0.2, 0) is 11.3 Å². The summed E-state index contributed by atoms with van der Waals surface area (Å²) < 4.78 is 10.6. The largest absolute Gasteiger partial charge is 0.494 e. The fourth-order valence-electron chi connectivity index (χ4n) is 4.14. The fourth-order valence-corrected chi connectivity index (χ4v) is 4.14. The van der Waals surface area contributed by atoms with E-state index >= 15 is 0 Å². The SMILES string of the molecule is CNC(=O)c1nnc(NC(=O)C2CC2)cc1Nc1cccc(-c2ccc(C(=O)N(C)Cc3ccon3)nc2)c1OC. The highest BCUT2D eigenvalue weighted by atomic mass is 16.5. The maximum atomic E-state index is 12.8. The molecule has 1 aliphatic carbocycles. The van der Waals surface area contributed by atoms with Gasteiger partial charge in [-0.25, -0.2) is 0 Å². The third-order valence-electron chi connectivity index (χ3n) is 6.45. The van der Waals surface area contributed by atoms with Gasteiger partial charge in [-0.2, -0.15) is 0 Å². The average Bonchev–Trinajstić information content (AvgIpc) is 3.73. The molecule has 4 aromatic rings. The van der Waals surface area contributed by atoms with Crippen molar-refractivity contribution in [3.63, 3.8) is 0 Å². The Morgan fingerprint density at radius 3 is 2.59 bits per heavy atom. The summed E-state index contributed by atoms with van der Waals surface area (Å²) in [6, 6.07) is 12.1. The van der Waals surface area contributed by atoms with Crippen LogP contribution >= 0.6 is 0 Å². The molecule has 0 atom stereocenters. The van der Waals surface area contributed by atoms with Crippen LogP contribution in [-0.4, -0.2) is 64.2 Å². The van der Waals surface area contributed by atoms with Crippen molar-refractivity contribution in [2.45, 2.75) is 19.4 Å². The maximum Gasteiger partial charge on any atom is 0.273 e. The summed E-state index contributed by atoms with van der Waals surface area (Å²) in [5.74, 6) is -0.166. The minimum Gasteiger partial charge on any atom is -0.494 e. The van der Waals surface area contributed by atoms with Crippen molar-refractivity contribution < 1.29 is 23.6 Å². The lowest BCUT2D eigenvalue weighted by molar-refractivity contribution is -0.117. The Labute approximate surface area is 235 Å². The predicted octanol–water partition coefficient (Wildman–Crippen LogP) is 3.26. The normalized spacial score (nSPS) is 12.4. The average molecular weight is 557 g/mol. The van der Waals surface area contributed by atoms with E-state index in [4.69, 9.17) is 9.26 Å². The van der Waals surface area contributed by atoms with Crippen LogP contribution in [0.3, 0.4) is 0 Å². The Morgan fingerprint density at radius 2 is 1.93 bits per heavy atom. The highest BCUT2D eigenvalue weighted by Gasteiger charge is 2.30. The molecule has 13 heteroatoms. The molecule has 3 amide bonds. The number of amides is 3. The van der Waals surface area contributed by atoms with Crippen molar-refractivity contribution in [2.75, 3.05) is 31.8 Å². The summed E-state index contributed by atoms with van der Waals surface area (Å²) in [6.07, 6.45) is 4.73. The van der Waals surface area contributed by atoms with Gasteiger partial charge in [0.1, 0.15) is 23.4 Å². The van der Waals surface area contributed by atoms with E-state index < -0.39 is 5.91 Å². The number of methoxy groups -OCH3 is 1. The van der Waals surface area contributed by atoms with Gasteiger partial charge in [0.05, 0.1) is 25.0 Å². The van der Waals surface area contributed by atoms with Crippen LogP contribution in [0.1, 0.15) is 39.5 Å². The molecule has 1 aromatic carbocycles. The Balaban J connectivity index is 1.40. The first kappa shape index (κ1) is 27.2. The molecule has 5 rings (SSSR count). The number of aromatic nitrogens is 4. The van der Waals surface area contributed by atoms with Gasteiger partial charge in [0, 0.05) is 49.5 Å². The molecule has 210 valence electrons. The lowest BCUT2D eigenvalue weighted by Gasteiger charge is -2.17. The summed E-state index contributed by atoms with van der Waals surface area (Å²) in [7, 11) is 4.68. The number of carbonyl (C=O) groups is 3. The molecule has 1 saturated carbocycles. The van der Waals surface area contributed by atoms with Gasteiger partial charge >= 0.3 is 0 Å². The second-order valence-corrected chi connectivity index (χ2v) is 9.43. The van der Waals surface area contributed by atoms with Gasteiger partial charge in [0.15, 0.2) is 11.5 Å². The van der Waals surface area contributed by atoms with Crippen LogP contribution in [0.2, 0.25) is 0 Å². The van der Waals surface area contributed by atoms with Crippen molar-refractivity contribution in [3.05, 3.63) is 72.0 Å². The number of hydrogen-bond donors (Lipinski definition) is 3. The number of benzene rings is 1. The molecule has 0 unspecified atom stereocenters. The van der Waals surface area contributed by atoms with E-state index in [0.717, 1.165) is 12.8 Å². The molecule has 1 fully saturated rings. The monoisotopic (exact) mass is 556 g/mol. The predicted molar refractivity (Wildman–Crippen MR) is 149 cm³/mol. The summed E-state index contributed by atoms with van der Waals surface area (Å²) in [4.78, 5) is 43.5. The quantitative estimate of drug-likeness (QED) is 0.264. The second kappa shape index (κ2) is 11.8. The lowest BCUT2D eigenvalue weighted by atomic mass is 10.0. The Bertz CT molecular complexity index is 1570. The zero-order chi connectivity index (χ0) is 28.9. The van der Waals surface area contributed by atoms with Gasteiger partial charge < -0.3 is 30.1 Å². The van der Waals surface area contributed by atoms with Gasteiger partial charge in [0.25, 0.3) is 11.8 Å². The highest BCUT2D eigenvalue weighted by Crippen LogP contribution is 2.38. The number of nitrogens with one attached hydrogen (secondary N) is 3. The Hall–Kier alpha value is -5.33. The number of nitrogens with zero attached hydrogens (tertiary/aromatic N) is 5. The summed E-state index contributed by atoms with van der Waals surface area (Å²) in [5.41, 5.74) is 3.22. The number of rotatable bonds is 10. The summed E-state index contributed by atoms with van der Waals surface area (Å²) in [6.45, 7) is 0.286. The Kier molecular flexibility index (Phi) is 7.85. The molecule has 3 heterocycles. The third-order valence-corrected chi connectivity index (χ3v) is 6.45. The minimum atomic E-state index is -0.451. The fraction of sp³-hybridized carbons (Fsp3) is 0.250. The Morgan fingerprint density at radius 1 is 1.10 bits per heavy atom. The van der Waals surface area contributed by atoms with Gasteiger partial charge in [-0.15, -0.1) is 10.2 Å². The molecule has 0 bridgehead atoms. The van der Waals surface area contributed by atoms with E-state index in [9.17, 15) is 14.4 Å². The number of carbonyl (C=O) groups excluding carboxylic acids is 3. The molecular formula is C28H28N8O5. The van der Waals surface area contributed by atoms with Gasteiger partial charge in [-0.3, -0.25) is 19.4 Å². The van der Waals surface area contributed by atoms with E-state index in [1.807, 2.05) is 12.1 Å². The van der Waals surface area contributed by atoms with Gasteiger partial charge in [0.2, 0.25) is 5.91 Å². The van der Waals surface area contributed by atoms with Gasteiger partial charge in [-0.05, 0) is 25.0 Å². The summed E-state index contributed by atoms with van der Waals surface area (Å²) in [5, 5.41) is 20.4. The topological polar surface area (TPSA) is 164 Å². The molecule has 0 spiro atoms. The number of para-hydroxylation sites is 1. The van der Waals surface area contributed by atoms with Crippen LogP contribution in [0.5, 0.6) is 5.75 Å². The molecule has 0 saturated heterocycles. The maximum absolute atomic E-state index is 12.8. The molecular weight excluding hydrogens is 528 g/mol. The molecule has 41 heavy (non-hydrogen) atoms. The van der Waals surface area contributed by atoms with Crippen LogP contribution in [0.15, 0.2) is 59.4 Å². The molecule has 1 aliphatic rings. The van der Waals surface area contributed by atoms with Gasteiger partial charge in [-0.1, -0.05) is 23.4 Å². The van der Waals surface area contributed by atoms with Crippen molar-refractivity contribution in [1.82, 2.24) is 30.6 Å². The van der Waals surface area contributed by atoms with Crippen LogP contribution in [0.4, 0.5) is 17.2 Å². The van der Waals surface area contributed by atoms with Crippen LogP contribution in [0, 0.1) is 5.92 Å². The molecule has 0 aliphatic heterocycles. The molecule has 0 radical (unpaired) electrons. The molecule has 13 nitrogen and oxygen atoms in total. The van der Waals surface area contributed by atoms with E-state index in [1.165, 1.54) is 25.3 Å². The first-order valence-electron chi connectivity index (χ1n) is 12.8. The summed E-state index contributed by atoms with van der Waals surface area (Å²) >= 11 is 0. The first-order valence-corrected chi connectivity index (χ1v) is 12.8. The van der Waals surface area contributed by atoms with E-state index in [2.05, 4.69) is 36.3 Å². The number of pyridine rings is 1. The number of hydrogen-bond acceptors (Lipinski definition) is 10. The number of ether oxygens (including phenoxy) is 1. The lowest BCUT2D eigenvalue weighted by Crippen LogP contribution is -2.27. The van der Waals surface area contributed by atoms with E-state index in [-0.39, 0.29) is 41.5 Å². The molecule has 3 N–H and O–H groups in total. The van der Waals surface area contributed by atoms with Crippen molar-refractivity contribution in [2.24, 2.45) is 5.92 Å².